The number of para-hydroxylation sites is 1. The monoisotopic (exact) mass is 476 g/mol. The maximum Gasteiger partial charge on any atom is 0.416 e. The van der Waals surface area contributed by atoms with Crippen molar-refractivity contribution in [3.05, 3.63) is 114 Å². The maximum absolute atomic E-state index is 13.0. The van der Waals surface area contributed by atoms with Crippen LogP contribution in [0.3, 0.4) is 0 Å². The first-order valence-corrected chi connectivity index (χ1v) is 11.1. The molecule has 0 saturated carbocycles. The molecule has 0 fully saturated rings. The van der Waals surface area contributed by atoms with Crippen LogP contribution in [0.15, 0.2) is 97.6 Å². The number of imidazole rings is 1. The zero-order valence-corrected chi connectivity index (χ0v) is 18.6. The minimum atomic E-state index is -4.36. The first kappa shape index (κ1) is 20.8. The number of benzene rings is 3. The van der Waals surface area contributed by atoms with Gasteiger partial charge in [-0.1, -0.05) is 41.9 Å². The molecule has 0 aliphatic carbocycles. The maximum atomic E-state index is 13.0. The largest absolute Gasteiger partial charge is 0.416 e. The summed E-state index contributed by atoms with van der Waals surface area (Å²) in [5.41, 5.74) is 4.18. The summed E-state index contributed by atoms with van der Waals surface area (Å²) in [6, 6.07) is 23.3. The molecule has 6 aromatic rings. The van der Waals surface area contributed by atoms with E-state index in [1.165, 1.54) is 12.1 Å². The van der Waals surface area contributed by atoms with Crippen LogP contribution in [0.1, 0.15) is 11.1 Å². The van der Waals surface area contributed by atoms with Crippen LogP contribution < -0.4 is 4.40 Å². The molecule has 0 unspecified atom stereocenters. The second-order valence-electron chi connectivity index (χ2n) is 8.30. The Morgan fingerprint density at radius 2 is 1.65 bits per heavy atom. The molecule has 0 radical (unpaired) electrons. The van der Waals surface area contributed by atoms with Crippen molar-refractivity contribution >= 4 is 38.9 Å². The minimum Gasteiger partial charge on any atom is -0.332 e. The number of nitrogens with zero attached hydrogens (tertiary/aromatic N) is 3. The van der Waals surface area contributed by atoms with Crippen molar-refractivity contribution in [2.24, 2.45) is 0 Å². The molecule has 0 amide bonds. The SMILES string of the molecule is FC(F)(F)c1ccc(-n2cc3c4c(cc[n+]3c2)c2ccccc2n4Cc2cccc(Cl)c2)cc1. The van der Waals surface area contributed by atoms with E-state index in [4.69, 9.17) is 11.6 Å². The number of fused-ring (bicyclic) bond motifs is 5. The number of hydrogen-bond acceptors (Lipinski definition) is 0. The summed E-state index contributed by atoms with van der Waals surface area (Å²) in [4.78, 5) is 0. The summed E-state index contributed by atoms with van der Waals surface area (Å²) in [5, 5.41) is 2.94. The summed E-state index contributed by atoms with van der Waals surface area (Å²) in [5.74, 6) is 0. The fraction of sp³-hybridized carbons (Fsp3) is 0.0741. The molecule has 0 aliphatic rings. The molecular formula is C27H18ClF3N3+. The van der Waals surface area contributed by atoms with Crippen molar-refractivity contribution in [3.63, 3.8) is 0 Å². The summed E-state index contributed by atoms with van der Waals surface area (Å²) in [6.45, 7) is 0.635. The first-order valence-electron chi connectivity index (χ1n) is 10.7. The van der Waals surface area contributed by atoms with Gasteiger partial charge in [0.15, 0.2) is 5.52 Å². The molecular weight excluding hydrogens is 459 g/mol. The standard InChI is InChI=1S/C27H18ClF3N3/c28-20-5-3-4-18(14-20)15-34-24-7-2-1-6-22(24)23-12-13-32-17-33(16-25(32)26(23)34)21-10-8-19(9-11-21)27(29,30)31/h1-14,16-17H,15H2/q+1. The van der Waals surface area contributed by atoms with Crippen LogP contribution in [-0.4, -0.2) is 9.13 Å². The molecule has 3 heterocycles. The fourth-order valence-corrected chi connectivity index (χ4v) is 4.82. The van der Waals surface area contributed by atoms with E-state index >= 15 is 0 Å². The zero-order valence-electron chi connectivity index (χ0n) is 17.8. The van der Waals surface area contributed by atoms with Gasteiger partial charge in [0.2, 0.25) is 0 Å². The molecule has 0 aliphatic heterocycles. The molecule has 3 aromatic carbocycles. The van der Waals surface area contributed by atoms with Crippen LogP contribution in [0.25, 0.3) is 33.0 Å². The quantitative estimate of drug-likeness (QED) is 0.243. The molecule has 6 rings (SSSR count). The topological polar surface area (TPSA) is 14.0 Å². The molecule has 3 aromatic heterocycles. The van der Waals surface area contributed by atoms with E-state index in [0.29, 0.717) is 17.3 Å². The van der Waals surface area contributed by atoms with Crippen molar-refractivity contribution in [3.8, 4) is 5.69 Å². The Morgan fingerprint density at radius 3 is 2.41 bits per heavy atom. The van der Waals surface area contributed by atoms with Gasteiger partial charge in [-0.05, 0) is 54.1 Å². The summed E-state index contributed by atoms with van der Waals surface area (Å²) in [7, 11) is 0. The molecule has 3 nitrogen and oxygen atoms in total. The van der Waals surface area contributed by atoms with E-state index in [-0.39, 0.29) is 0 Å². The van der Waals surface area contributed by atoms with E-state index in [1.54, 1.807) is 0 Å². The zero-order chi connectivity index (χ0) is 23.4. The third-order valence-electron chi connectivity index (χ3n) is 6.17. The molecule has 34 heavy (non-hydrogen) atoms. The van der Waals surface area contributed by atoms with Crippen molar-refractivity contribution in [1.29, 1.82) is 0 Å². The van der Waals surface area contributed by atoms with Crippen molar-refractivity contribution < 1.29 is 17.6 Å². The fourth-order valence-electron chi connectivity index (χ4n) is 4.61. The predicted molar refractivity (Wildman–Crippen MR) is 127 cm³/mol. The van der Waals surface area contributed by atoms with Gasteiger partial charge in [0.05, 0.1) is 11.8 Å². The van der Waals surface area contributed by atoms with Gasteiger partial charge < -0.3 is 4.57 Å². The summed E-state index contributed by atoms with van der Waals surface area (Å²) in [6.07, 6.45) is 1.45. The Bertz CT molecular complexity index is 1680. The van der Waals surface area contributed by atoms with E-state index in [9.17, 15) is 13.2 Å². The highest BCUT2D eigenvalue weighted by Gasteiger charge is 2.30. The number of halogens is 4. The Hall–Kier alpha value is -3.77. The summed E-state index contributed by atoms with van der Waals surface area (Å²) < 4.78 is 45.1. The Balaban J connectivity index is 1.56. The third-order valence-corrected chi connectivity index (χ3v) is 6.40. The molecule has 0 N–H and O–H groups in total. The van der Waals surface area contributed by atoms with Crippen molar-refractivity contribution in [2.45, 2.75) is 12.7 Å². The lowest BCUT2D eigenvalue weighted by atomic mass is 10.2. The average molecular weight is 477 g/mol. The molecule has 7 heteroatoms. The van der Waals surface area contributed by atoms with E-state index in [1.807, 2.05) is 64.1 Å². The lowest BCUT2D eigenvalue weighted by Gasteiger charge is -2.08. The van der Waals surface area contributed by atoms with Crippen LogP contribution >= 0.6 is 11.6 Å². The third kappa shape index (κ3) is 3.42. The van der Waals surface area contributed by atoms with Gasteiger partial charge in [0.25, 0.3) is 6.33 Å². The van der Waals surface area contributed by atoms with Gasteiger partial charge in [-0.2, -0.15) is 13.2 Å². The number of rotatable bonds is 3. The van der Waals surface area contributed by atoms with Crippen LogP contribution in [0, 0.1) is 0 Å². The van der Waals surface area contributed by atoms with Gasteiger partial charge in [-0.3, -0.25) is 0 Å². The Morgan fingerprint density at radius 1 is 0.853 bits per heavy atom. The smallest absolute Gasteiger partial charge is 0.332 e. The molecule has 168 valence electrons. The van der Waals surface area contributed by atoms with E-state index in [2.05, 4.69) is 22.8 Å². The van der Waals surface area contributed by atoms with E-state index in [0.717, 1.165) is 45.0 Å². The number of alkyl halides is 3. The van der Waals surface area contributed by atoms with Crippen LogP contribution in [-0.2, 0) is 12.7 Å². The predicted octanol–water partition coefficient (Wildman–Crippen LogP) is 7.04. The number of aromatic nitrogens is 3. The van der Waals surface area contributed by atoms with Crippen molar-refractivity contribution in [2.75, 3.05) is 0 Å². The van der Waals surface area contributed by atoms with Crippen LogP contribution in [0.2, 0.25) is 5.02 Å². The Kier molecular flexibility index (Phi) is 4.67. The Labute approximate surface area is 197 Å². The number of hydrogen-bond donors (Lipinski definition) is 0. The average Bonchev–Trinajstić information content (AvgIpc) is 3.39. The van der Waals surface area contributed by atoms with Gasteiger partial charge in [0, 0.05) is 27.9 Å². The van der Waals surface area contributed by atoms with Crippen molar-refractivity contribution in [1.82, 2.24) is 9.13 Å². The summed E-state index contributed by atoms with van der Waals surface area (Å²) >= 11 is 6.24. The first-order chi connectivity index (χ1) is 16.4. The molecule has 0 saturated heterocycles. The van der Waals surface area contributed by atoms with Gasteiger partial charge in [-0.15, -0.1) is 0 Å². The molecule has 0 bridgehead atoms. The highest BCUT2D eigenvalue weighted by molar-refractivity contribution is 6.30. The molecule has 0 spiro atoms. The van der Waals surface area contributed by atoms with E-state index < -0.39 is 11.7 Å². The van der Waals surface area contributed by atoms with Gasteiger partial charge in [-0.25, -0.2) is 8.97 Å². The highest BCUT2D eigenvalue weighted by Crippen LogP contribution is 2.32. The minimum absolute atomic E-state index is 0.635. The second kappa shape index (κ2) is 7.64. The van der Waals surface area contributed by atoms with Gasteiger partial charge in [0.1, 0.15) is 17.4 Å². The lowest BCUT2D eigenvalue weighted by molar-refractivity contribution is -0.510. The lowest BCUT2D eigenvalue weighted by Crippen LogP contribution is -2.18. The molecule has 0 atom stereocenters. The van der Waals surface area contributed by atoms with Gasteiger partial charge >= 0.3 is 6.18 Å². The van der Waals surface area contributed by atoms with Crippen LogP contribution in [0.4, 0.5) is 13.2 Å². The normalized spacial score (nSPS) is 12.2. The second-order valence-corrected chi connectivity index (χ2v) is 8.74. The van der Waals surface area contributed by atoms with Crippen LogP contribution in [0.5, 0.6) is 0 Å². The highest BCUT2D eigenvalue weighted by atomic mass is 35.5. The number of pyridine rings is 1.